The molecule has 0 bridgehead atoms. The van der Waals surface area contributed by atoms with Crippen molar-refractivity contribution in [2.45, 2.75) is 19.0 Å². The molecule has 0 saturated heterocycles. The number of amides is 1. The quantitative estimate of drug-likeness (QED) is 0.192. The minimum Gasteiger partial charge on any atom is -0.497 e. The van der Waals surface area contributed by atoms with Gasteiger partial charge in [-0.15, -0.1) is 0 Å². The van der Waals surface area contributed by atoms with E-state index in [1.54, 1.807) is 49.6 Å². The van der Waals surface area contributed by atoms with Crippen molar-refractivity contribution >= 4 is 34.4 Å². The number of ether oxygens (including phenoxy) is 1. The normalized spacial score (nSPS) is 11.1. The highest BCUT2D eigenvalue weighted by Crippen LogP contribution is 2.24. The van der Waals surface area contributed by atoms with Crippen LogP contribution >= 0.6 is 11.8 Å². The van der Waals surface area contributed by atoms with E-state index in [4.69, 9.17) is 4.74 Å². The number of halogens is 1. The maximum atomic E-state index is 13.6. The number of carbonyl (C=O) groups excluding carboxylic acids is 2. The standard InChI is InChI=1S/C28H26FN3O4S/c1-17(2)15-30-26(34)19-6-13-23-24(14-19)31-28(32(27(23)35)21-9-7-20(29)8-10-21)37-16-25(33)18-4-11-22(36-3)12-5-18/h4-14,17H,15-16H2,1-3H3,(H,30,34). The van der Waals surface area contributed by atoms with Crippen LogP contribution in [0.1, 0.15) is 34.6 Å². The summed E-state index contributed by atoms with van der Waals surface area (Å²) < 4.78 is 20.1. The molecule has 0 aliphatic rings. The molecule has 0 unspecified atom stereocenters. The number of thioether (sulfide) groups is 1. The summed E-state index contributed by atoms with van der Waals surface area (Å²) >= 11 is 1.09. The van der Waals surface area contributed by atoms with Gasteiger partial charge in [-0.05, 0) is 72.6 Å². The van der Waals surface area contributed by atoms with Crippen molar-refractivity contribution in [2.75, 3.05) is 19.4 Å². The predicted molar refractivity (Wildman–Crippen MR) is 143 cm³/mol. The van der Waals surface area contributed by atoms with Gasteiger partial charge in [-0.1, -0.05) is 25.6 Å². The Balaban J connectivity index is 1.73. The van der Waals surface area contributed by atoms with Crippen LogP contribution in [-0.2, 0) is 0 Å². The largest absolute Gasteiger partial charge is 0.497 e. The topological polar surface area (TPSA) is 90.3 Å². The van der Waals surface area contributed by atoms with Crippen LogP contribution < -0.4 is 15.6 Å². The third-order valence-electron chi connectivity index (χ3n) is 5.60. The average Bonchev–Trinajstić information content (AvgIpc) is 2.90. The Bertz CT molecular complexity index is 1500. The zero-order valence-electron chi connectivity index (χ0n) is 20.7. The number of ketones is 1. The van der Waals surface area contributed by atoms with Crippen molar-refractivity contribution < 1.29 is 18.7 Å². The Morgan fingerprint density at radius 1 is 1.03 bits per heavy atom. The number of fused-ring (bicyclic) bond motifs is 1. The lowest BCUT2D eigenvalue weighted by Gasteiger charge is -2.14. The third-order valence-corrected chi connectivity index (χ3v) is 6.54. The highest BCUT2D eigenvalue weighted by molar-refractivity contribution is 7.99. The van der Waals surface area contributed by atoms with E-state index in [1.165, 1.54) is 28.8 Å². The second kappa shape index (κ2) is 11.4. The van der Waals surface area contributed by atoms with Crippen LogP contribution in [0.2, 0.25) is 0 Å². The van der Waals surface area contributed by atoms with E-state index >= 15 is 0 Å². The lowest BCUT2D eigenvalue weighted by atomic mass is 10.1. The number of Topliss-reactive ketones (excluding diaryl/α,β-unsaturated/α-hetero) is 1. The molecule has 0 saturated carbocycles. The summed E-state index contributed by atoms with van der Waals surface area (Å²) in [5.74, 6) is 0.0838. The van der Waals surface area contributed by atoms with E-state index in [-0.39, 0.29) is 34.1 Å². The van der Waals surface area contributed by atoms with E-state index in [9.17, 15) is 18.8 Å². The fourth-order valence-electron chi connectivity index (χ4n) is 3.61. The van der Waals surface area contributed by atoms with Gasteiger partial charge >= 0.3 is 0 Å². The van der Waals surface area contributed by atoms with Gasteiger partial charge in [-0.2, -0.15) is 0 Å². The summed E-state index contributed by atoms with van der Waals surface area (Å²) in [4.78, 5) is 43.6. The molecule has 4 rings (SSSR count). The van der Waals surface area contributed by atoms with Crippen LogP contribution in [0.4, 0.5) is 4.39 Å². The highest BCUT2D eigenvalue weighted by atomic mass is 32.2. The van der Waals surface area contributed by atoms with Gasteiger partial charge < -0.3 is 10.1 Å². The Morgan fingerprint density at radius 3 is 2.35 bits per heavy atom. The zero-order chi connectivity index (χ0) is 26.5. The lowest BCUT2D eigenvalue weighted by molar-refractivity contribution is 0.0948. The fraction of sp³-hybridized carbons (Fsp3) is 0.214. The molecule has 0 aliphatic carbocycles. The first-order chi connectivity index (χ1) is 17.8. The number of nitrogens with one attached hydrogen (secondary N) is 1. The minimum atomic E-state index is -0.438. The van der Waals surface area contributed by atoms with E-state index in [0.29, 0.717) is 40.0 Å². The molecule has 190 valence electrons. The van der Waals surface area contributed by atoms with Gasteiger partial charge in [0.1, 0.15) is 11.6 Å². The first-order valence-electron chi connectivity index (χ1n) is 11.7. The molecule has 1 amide bonds. The van der Waals surface area contributed by atoms with Crippen LogP contribution in [0.25, 0.3) is 16.6 Å². The summed E-state index contributed by atoms with van der Waals surface area (Å²) in [5.41, 5.74) is 1.24. The van der Waals surface area contributed by atoms with Crippen LogP contribution in [0.3, 0.4) is 0 Å². The smallest absolute Gasteiger partial charge is 0.266 e. The number of benzene rings is 3. The Kier molecular flexibility index (Phi) is 8.03. The van der Waals surface area contributed by atoms with Crippen LogP contribution in [-0.4, -0.2) is 40.6 Å². The fourth-order valence-corrected chi connectivity index (χ4v) is 4.52. The minimum absolute atomic E-state index is 0.0139. The molecular formula is C28H26FN3O4S. The van der Waals surface area contributed by atoms with E-state index in [0.717, 1.165) is 11.8 Å². The molecule has 0 aliphatic heterocycles. The van der Waals surface area contributed by atoms with Gasteiger partial charge in [0.25, 0.3) is 11.5 Å². The molecule has 1 heterocycles. The molecule has 1 aromatic heterocycles. The summed E-state index contributed by atoms with van der Waals surface area (Å²) in [6.45, 7) is 4.51. The molecule has 7 nitrogen and oxygen atoms in total. The molecule has 3 aromatic carbocycles. The van der Waals surface area contributed by atoms with Crippen molar-refractivity contribution in [3.8, 4) is 11.4 Å². The predicted octanol–water partition coefficient (Wildman–Crippen LogP) is 4.89. The summed E-state index contributed by atoms with van der Waals surface area (Å²) in [6, 6.07) is 16.9. The summed E-state index contributed by atoms with van der Waals surface area (Å²) in [7, 11) is 1.55. The van der Waals surface area contributed by atoms with Gasteiger partial charge in [-0.3, -0.25) is 19.0 Å². The molecule has 0 fully saturated rings. The van der Waals surface area contributed by atoms with E-state index < -0.39 is 5.82 Å². The Morgan fingerprint density at radius 2 is 1.70 bits per heavy atom. The molecule has 0 radical (unpaired) electrons. The Hall–Kier alpha value is -3.98. The number of carbonyl (C=O) groups is 2. The molecule has 9 heteroatoms. The average molecular weight is 520 g/mol. The number of hydrogen-bond acceptors (Lipinski definition) is 6. The zero-order valence-corrected chi connectivity index (χ0v) is 21.5. The number of hydrogen-bond donors (Lipinski definition) is 1. The number of nitrogens with zero attached hydrogens (tertiary/aromatic N) is 2. The Labute approximate surface area is 217 Å². The maximum absolute atomic E-state index is 13.6. The van der Waals surface area contributed by atoms with Crippen molar-refractivity contribution in [3.63, 3.8) is 0 Å². The monoisotopic (exact) mass is 519 g/mol. The van der Waals surface area contributed by atoms with Crippen LogP contribution in [0.15, 0.2) is 76.7 Å². The second-order valence-corrected chi connectivity index (χ2v) is 9.73. The molecule has 4 aromatic rings. The van der Waals surface area contributed by atoms with Gasteiger partial charge in [0.05, 0.1) is 29.5 Å². The molecule has 37 heavy (non-hydrogen) atoms. The van der Waals surface area contributed by atoms with E-state index in [1.807, 2.05) is 13.8 Å². The number of rotatable bonds is 9. The molecule has 1 N–H and O–H groups in total. The second-order valence-electron chi connectivity index (χ2n) is 8.79. The molecule has 0 spiro atoms. The lowest BCUT2D eigenvalue weighted by Crippen LogP contribution is -2.27. The van der Waals surface area contributed by atoms with Gasteiger partial charge in [0.2, 0.25) is 0 Å². The SMILES string of the molecule is COc1ccc(C(=O)CSc2nc3cc(C(=O)NCC(C)C)ccc3c(=O)n2-c2ccc(F)cc2)cc1. The van der Waals surface area contributed by atoms with Gasteiger partial charge in [0, 0.05) is 17.7 Å². The van der Waals surface area contributed by atoms with Crippen molar-refractivity contribution in [1.29, 1.82) is 0 Å². The summed E-state index contributed by atoms with van der Waals surface area (Å²) in [6.07, 6.45) is 0. The van der Waals surface area contributed by atoms with Crippen molar-refractivity contribution in [2.24, 2.45) is 5.92 Å². The molecular weight excluding hydrogens is 493 g/mol. The number of aromatic nitrogens is 2. The van der Waals surface area contributed by atoms with E-state index in [2.05, 4.69) is 10.3 Å². The third kappa shape index (κ3) is 6.06. The summed E-state index contributed by atoms with van der Waals surface area (Å²) in [5, 5.41) is 3.41. The maximum Gasteiger partial charge on any atom is 0.266 e. The van der Waals surface area contributed by atoms with Crippen LogP contribution in [0, 0.1) is 11.7 Å². The van der Waals surface area contributed by atoms with Gasteiger partial charge in [-0.25, -0.2) is 9.37 Å². The first kappa shape index (κ1) is 26.1. The number of methoxy groups -OCH3 is 1. The van der Waals surface area contributed by atoms with Crippen molar-refractivity contribution in [1.82, 2.24) is 14.9 Å². The van der Waals surface area contributed by atoms with Gasteiger partial charge in [0.15, 0.2) is 10.9 Å². The van der Waals surface area contributed by atoms with Crippen molar-refractivity contribution in [3.05, 3.63) is 94.0 Å². The first-order valence-corrected chi connectivity index (χ1v) is 12.7. The van der Waals surface area contributed by atoms with Crippen LogP contribution in [0.5, 0.6) is 5.75 Å². The molecule has 0 atom stereocenters. The highest BCUT2D eigenvalue weighted by Gasteiger charge is 2.17.